The molecule has 0 fully saturated rings. The van der Waals surface area contributed by atoms with E-state index in [0.29, 0.717) is 5.56 Å². The molecule has 0 bridgehead atoms. The molecule has 1 aliphatic heterocycles. The average molecular weight is 612 g/mol. The zero-order chi connectivity index (χ0) is 30.9. The molecule has 8 nitrogen and oxygen atoms in total. The van der Waals surface area contributed by atoms with Crippen molar-refractivity contribution < 1.29 is 37.0 Å². The number of carbonyl (C=O) groups excluding carboxylic acids is 3. The molecule has 0 saturated heterocycles. The molecule has 43 heavy (non-hydrogen) atoms. The number of nitrogens with zero attached hydrogens (tertiary/aromatic N) is 2. The molecule has 224 valence electrons. The van der Waals surface area contributed by atoms with Gasteiger partial charge in [0.15, 0.2) is 5.78 Å². The molecule has 1 aliphatic carbocycles. The Hall–Kier alpha value is -4.45. The maximum atomic E-state index is 14.6. The Labute approximate surface area is 249 Å². The van der Waals surface area contributed by atoms with Gasteiger partial charge in [0, 0.05) is 40.1 Å². The highest BCUT2D eigenvalue weighted by molar-refractivity contribution is 7.10. The van der Waals surface area contributed by atoms with E-state index in [1.54, 1.807) is 38.1 Å². The van der Waals surface area contributed by atoms with Gasteiger partial charge >= 0.3 is 18.1 Å². The first-order chi connectivity index (χ1) is 20.6. The second-order valence-electron chi connectivity index (χ2n) is 9.90. The first-order valence-electron chi connectivity index (χ1n) is 13.6. The summed E-state index contributed by atoms with van der Waals surface area (Å²) in [5, 5.41) is 1.81. The van der Waals surface area contributed by atoms with Gasteiger partial charge in [0.05, 0.1) is 30.3 Å². The van der Waals surface area contributed by atoms with Gasteiger partial charge in [-0.05, 0) is 61.5 Å². The van der Waals surface area contributed by atoms with Crippen molar-refractivity contribution in [3.05, 3.63) is 105 Å². The number of Topliss-reactive ketones (excluding diaryl/α,β-unsaturated/α-hetero) is 1. The smallest absolute Gasteiger partial charge is 0.416 e. The topological polar surface area (TPSA) is 112 Å². The van der Waals surface area contributed by atoms with Crippen LogP contribution in [-0.4, -0.2) is 35.9 Å². The molecule has 0 spiro atoms. The van der Waals surface area contributed by atoms with E-state index < -0.39 is 47.2 Å². The summed E-state index contributed by atoms with van der Waals surface area (Å²) in [5.74, 6) is -5.42. The van der Waals surface area contributed by atoms with Crippen LogP contribution in [0.2, 0.25) is 0 Å². The lowest BCUT2D eigenvalue weighted by molar-refractivity contribution is -0.152. The number of allylic oxidation sites excluding steroid dienone is 2. The fraction of sp³-hybridized carbons (Fsp3) is 0.290. The van der Waals surface area contributed by atoms with Gasteiger partial charge in [0.2, 0.25) is 0 Å². The van der Waals surface area contributed by atoms with E-state index >= 15 is 0 Å². The van der Waals surface area contributed by atoms with E-state index in [1.807, 2.05) is 5.38 Å². The monoisotopic (exact) mass is 611 g/mol. The highest BCUT2D eigenvalue weighted by atomic mass is 32.1. The van der Waals surface area contributed by atoms with Crippen LogP contribution in [0, 0.1) is 5.92 Å². The van der Waals surface area contributed by atoms with Gasteiger partial charge in [-0.1, -0.05) is 18.2 Å². The fourth-order valence-corrected chi connectivity index (χ4v) is 6.57. The van der Waals surface area contributed by atoms with Crippen molar-refractivity contribution in [2.75, 3.05) is 18.1 Å². The Kier molecular flexibility index (Phi) is 8.41. The lowest BCUT2D eigenvalue weighted by Crippen LogP contribution is -2.46. The Bertz CT molecular complexity index is 1600. The quantitative estimate of drug-likeness (QED) is 0.268. The highest BCUT2D eigenvalue weighted by Crippen LogP contribution is 2.52. The first-order valence-corrected chi connectivity index (χ1v) is 14.5. The van der Waals surface area contributed by atoms with E-state index in [4.69, 9.17) is 15.2 Å². The number of nitrogens with two attached hydrogens (primary N) is 1. The van der Waals surface area contributed by atoms with Crippen molar-refractivity contribution in [3.63, 3.8) is 0 Å². The maximum Gasteiger partial charge on any atom is 0.416 e. The number of hydrogen-bond acceptors (Lipinski definition) is 9. The van der Waals surface area contributed by atoms with Crippen molar-refractivity contribution >= 4 is 34.7 Å². The third kappa shape index (κ3) is 5.54. The zero-order valence-electron chi connectivity index (χ0n) is 23.3. The molecule has 0 amide bonds. The second-order valence-corrected chi connectivity index (χ2v) is 10.9. The third-order valence-corrected chi connectivity index (χ3v) is 8.44. The molecule has 5 rings (SSSR count). The summed E-state index contributed by atoms with van der Waals surface area (Å²) in [7, 11) is 0. The maximum absolute atomic E-state index is 14.6. The van der Waals surface area contributed by atoms with Gasteiger partial charge in [-0.2, -0.15) is 13.2 Å². The lowest BCUT2D eigenvalue weighted by atomic mass is 9.68. The Morgan fingerprint density at radius 3 is 2.49 bits per heavy atom. The minimum atomic E-state index is -4.67. The number of esters is 2. The molecule has 3 heterocycles. The number of aromatic nitrogens is 1. The summed E-state index contributed by atoms with van der Waals surface area (Å²) in [6, 6.07) is 11.3. The predicted octanol–water partition coefficient (Wildman–Crippen LogP) is 5.69. The van der Waals surface area contributed by atoms with Gasteiger partial charge in [-0.15, -0.1) is 11.3 Å². The summed E-state index contributed by atoms with van der Waals surface area (Å²) in [5.41, 5.74) is 6.38. The van der Waals surface area contributed by atoms with Crippen molar-refractivity contribution in [1.82, 2.24) is 4.98 Å². The lowest BCUT2D eigenvalue weighted by Gasteiger charge is -2.43. The van der Waals surface area contributed by atoms with Crippen LogP contribution < -0.4 is 10.6 Å². The van der Waals surface area contributed by atoms with Gasteiger partial charge in [0.25, 0.3) is 0 Å². The largest absolute Gasteiger partial charge is 0.465 e. The Morgan fingerprint density at radius 1 is 1.09 bits per heavy atom. The SMILES string of the molecule is CCOC(=O)C1=C(N)N(c2cccc(C(F)(F)F)c2)C2=C(C(=O)[C@@H](C(=O)OCC)[C@@H](c3cccs3)C2)[C@@H]1c1cccnc1. The number of thiophene rings is 1. The van der Waals surface area contributed by atoms with E-state index in [0.717, 1.165) is 17.0 Å². The summed E-state index contributed by atoms with van der Waals surface area (Å²) >= 11 is 1.35. The number of hydrogen-bond donors (Lipinski definition) is 1. The van der Waals surface area contributed by atoms with Gasteiger partial charge in [-0.25, -0.2) is 4.79 Å². The van der Waals surface area contributed by atoms with Crippen molar-refractivity contribution in [2.45, 2.75) is 38.3 Å². The molecule has 0 radical (unpaired) electrons. The van der Waals surface area contributed by atoms with Crippen LogP contribution in [0.15, 0.2) is 89.0 Å². The highest BCUT2D eigenvalue weighted by Gasteiger charge is 2.51. The van der Waals surface area contributed by atoms with Crippen molar-refractivity contribution in [3.8, 4) is 0 Å². The van der Waals surface area contributed by atoms with Gasteiger partial charge in [0.1, 0.15) is 11.7 Å². The molecule has 2 aliphatic rings. The standard InChI is InChI=1S/C31H28F3N3O5S/c1-3-41-29(39)24-20(22-11-7-13-43-22)15-21-25(27(24)38)23(17-8-6-12-36-16-17)26(30(40)42-4-2)28(35)37(21)19-10-5-9-18(14-19)31(32,33)34/h5-14,16,20,23-24H,3-4,15,35H2,1-2H3/t20-,23+,24+/m1/s1. The summed E-state index contributed by atoms with van der Waals surface area (Å²) in [6.07, 6.45) is -1.63. The third-order valence-electron chi connectivity index (χ3n) is 7.43. The van der Waals surface area contributed by atoms with Crippen LogP contribution in [-0.2, 0) is 30.0 Å². The molecule has 12 heteroatoms. The number of ether oxygens (including phenoxy) is 2. The fourth-order valence-electron chi connectivity index (χ4n) is 5.71. The van der Waals surface area contributed by atoms with Crippen LogP contribution in [0.4, 0.5) is 18.9 Å². The number of anilines is 1. The molecule has 3 aromatic rings. The number of ketones is 1. The molecule has 0 saturated carbocycles. The number of carbonyl (C=O) groups is 3. The summed E-state index contributed by atoms with van der Waals surface area (Å²) in [4.78, 5) is 47.7. The predicted molar refractivity (Wildman–Crippen MR) is 153 cm³/mol. The molecule has 2 aromatic heterocycles. The van der Waals surface area contributed by atoms with Crippen LogP contribution in [0.5, 0.6) is 0 Å². The van der Waals surface area contributed by atoms with E-state index in [-0.39, 0.29) is 48.0 Å². The zero-order valence-corrected chi connectivity index (χ0v) is 24.1. The van der Waals surface area contributed by atoms with E-state index in [1.165, 1.54) is 40.8 Å². The summed E-state index contributed by atoms with van der Waals surface area (Å²) in [6.45, 7) is 3.24. The number of rotatable bonds is 7. The number of pyridine rings is 1. The molecule has 1 aromatic carbocycles. The number of benzene rings is 1. The number of halogens is 3. The van der Waals surface area contributed by atoms with E-state index in [9.17, 15) is 27.6 Å². The average Bonchev–Trinajstić information content (AvgIpc) is 3.52. The van der Waals surface area contributed by atoms with Crippen LogP contribution in [0.1, 0.15) is 48.1 Å². The van der Waals surface area contributed by atoms with Crippen molar-refractivity contribution in [1.29, 1.82) is 0 Å². The normalized spacial score (nSPS) is 20.6. The van der Waals surface area contributed by atoms with Gasteiger partial charge < -0.3 is 15.2 Å². The Morgan fingerprint density at radius 2 is 1.86 bits per heavy atom. The minimum absolute atomic E-state index is 0.00132. The minimum Gasteiger partial charge on any atom is -0.465 e. The molecular formula is C31H28F3N3O5S. The molecule has 3 atom stereocenters. The van der Waals surface area contributed by atoms with Crippen molar-refractivity contribution in [2.24, 2.45) is 11.7 Å². The van der Waals surface area contributed by atoms with Crippen LogP contribution in [0.3, 0.4) is 0 Å². The first kappa shape index (κ1) is 30.0. The molecule has 2 N–H and O–H groups in total. The van der Waals surface area contributed by atoms with Gasteiger partial charge in [-0.3, -0.25) is 19.5 Å². The van der Waals surface area contributed by atoms with E-state index in [2.05, 4.69) is 4.98 Å². The number of alkyl halides is 3. The molecular weight excluding hydrogens is 583 g/mol. The molecule has 0 unspecified atom stereocenters. The van der Waals surface area contributed by atoms with Crippen LogP contribution in [0.25, 0.3) is 0 Å². The summed E-state index contributed by atoms with van der Waals surface area (Å²) < 4.78 is 52.1. The van der Waals surface area contributed by atoms with Crippen LogP contribution >= 0.6 is 11.3 Å². The Balaban J connectivity index is 1.82. The second kappa shape index (κ2) is 12.0.